The molecule has 0 aromatic heterocycles. The van der Waals surface area contributed by atoms with E-state index in [4.69, 9.17) is 14.2 Å². The summed E-state index contributed by atoms with van der Waals surface area (Å²) in [6, 6.07) is 0. The summed E-state index contributed by atoms with van der Waals surface area (Å²) in [5, 5.41) is 0. The summed E-state index contributed by atoms with van der Waals surface area (Å²) in [6.07, 6.45) is 64.0. The molecule has 0 aliphatic carbocycles. The van der Waals surface area contributed by atoms with Crippen LogP contribution < -0.4 is 0 Å². The Hall–Kier alpha value is -3.67. The second-order valence-electron chi connectivity index (χ2n) is 16.0. The summed E-state index contributed by atoms with van der Waals surface area (Å²) < 4.78 is 16.7. The number of carbonyl (C=O) groups excluding carboxylic acids is 3. The van der Waals surface area contributed by atoms with Crippen LogP contribution >= 0.6 is 0 Å². The zero-order valence-corrected chi connectivity index (χ0v) is 39.4. The van der Waals surface area contributed by atoms with E-state index in [0.29, 0.717) is 19.3 Å². The zero-order chi connectivity index (χ0) is 44.4. The lowest BCUT2D eigenvalue weighted by molar-refractivity contribution is -0.166. The van der Waals surface area contributed by atoms with Gasteiger partial charge >= 0.3 is 17.9 Å². The van der Waals surface area contributed by atoms with E-state index in [1.165, 1.54) is 64.2 Å². The molecule has 0 N–H and O–H groups in total. The first-order chi connectivity index (χ1) is 30.0. The molecule has 1 unspecified atom stereocenters. The van der Waals surface area contributed by atoms with Crippen LogP contribution in [0.1, 0.15) is 213 Å². The SMILES string of the molecule is CC/C=C\C/C=C\C/C=C\C/C=C\C/C=C\C/C=C\CCC(=O)OCC(COC(=O)CCCCCCC/C=C\CCCC)OC(=O)CCCCCCC/C=C\CCCCCC. The first-order valence-corrected chi connectivity index (χ1v) is 24.7. The highest BCUT2D eigenvalue weighted by Crippen LogP contribution is 2.12. The van der Waals surface area contributed by atoms with Gasteiger partial charge < -0.3 is 14.2 Å². The molecule has 0 aliphatic rings. The number of allylic oxidation sites excluding steroid dienone is 16. The minimum absolute atomic E-state index is 0.110. The molecular formula is C55H90O6. The zero-order valence-electron chi connectivity index (χ0n) is 39.4. The topological polar surface area (TPSA) is 78.9 Å². The Kier molecular flexibility index (Phi) is 46.0. The first kappa shape index (κ1) is 57.3. The van der Waals surface area contributed by atoms with Crippen molar-refractivity contribution >= 4 is 17.9 Å². The number of hydrogen-bond acceptors (Lipinski definition) is 6. The molecule has 0 bridgehead atoms. The van der Waals surface area contributed by atoms with E-state index in [0.717, 1.165) is 103 Å². The predicted octanol–water partition coefficient (Wildman–Crippen LogP) is 16.2. The van der Waals surface area contributed by atoms with E-state index in [1.807, 2.05) is 12.2 Å². The molecule has 0 radical (unpaired) electrons. The van der Waals surface area contributed by atoms with Crippen molar-refractivity contribution < 1.29 is 28.6 Å². The van der Waals surface area contributed by atoms with E-state index in [1.54, 1.807) is 0 Å². The third-order valence-corrected chi connectivity index (χ3v) is 10.1. The number of ether oxygens (including phenoxy) is 3. The van der Waals surface area contributed by atoms with Crippen LogP contribution in [0.25, 0.3) is 0 Å². The van der Waals surface area contributed by atoms with Gasteiger partial charge in [-0.15, -0.1) is 0 Å². The van der Waals surface area contributed by atoms with Crippen molar-refractivity contribution in [2.45, 2.75) is 219 Å². The molecule has 0 rings (SSSR count). The van der Waals surface area contributed by atoms with Crippen LogP contribution in [0.15, 0.2) is 97.2 Å². The number of rotatable bonds is 43. The van der Waals surface area contributed by atoms with Crippen LogP contribution in [0.4, 0.5) is 0 Å². The Morgan fingerprint density at radius 2 is 0.689 bits per heavy atom. The van der Waals surface area contributed by atoms with Crippen LogP contribution in [-0.4, -0.2) is 37.2 Å². The molecule has 0 aromatic carbocycles. The summed E-state index contributed by atoms with van der Waals surface area (Å²) in [4.78, 5) is 37.8. The molecular weight excluding hydrogens is 757 g/mol. The van der Waals surface area contributed by atoms with Crippen molar-refractivity contribution in [2.75, 3.05) is 13.2 Å². The molecule has 0 amide bonds. The maximum absolute atomic E-state index is 12.7. The molecule has 0 aromatic rings. The minimum atomic E-state index is -0.814. The fourth-order valence-electron chi connectivity index (χ4n) is 6.32. The van der Waals surface area contributed by atoms with E-state index >= 15 is 0 Å². The number of carbonyl (C=O) groups is 3. The smallest absolute Gasteiger partial charge is 0.306 e. The van der Waals surface area contributed by atoms with Crippen molar-refractivity contribution in [1.29, 1.82) is 0 Å². The van der Waals surface area contributed by atoms with Crippen LogP contribution in [0, 0.1) is 0 Å². The number of hydrogen-bond donors (Lipinski definition) is 0. The van der Waals surface area contributed by atoms with Crippen molar-refractivity contribution in [3.05, 3.63) is 97.2 Å². The Morgan fingerprint density at radius 1 is 0.344 bits per heavy atom. The van der Waals surface area contributed by atoms with Gasteiger partial charge in [-0.25, -0.2) is 0 Å². The third-order valence-electron chi connectivity index (χ3n) is 10.1. The van der Waals surface area contributed by atoms with Gasteiger partial charge in [0.05, 0.1) is 0 Å². The fraction of sp³-hybridized carbons (Fsp3) is 0.655. The normalized spacial score (nSPS) is 12.9. The van der Waals surface area contributed by atoms with Crippen LogP contribution in [0.5, 0.6) is 0 Å². The van der Waals surface area contributed by atoms with Gasteiger partial charge in [-0.2, -0.15) is 0 Å². The average Bonchev–Trinajstić information content (AvgIpc) is 3.26. The molecule has 0 heterocycles. The van der Waals surface area contributed by atoms with Gasteiger partial charge in [0.25, 0.3) is 0 Å². The van der Waals surface area contributed by atoms with E-state index in [-0.39, 0.29) is 37.5 Å². The molecule has 346 valence electrons. The molecule has 0 saturated carbocycles. The Morgan fingerprint density at radius 3 is 1.15 bits per heavy atom. The highest BCUT2D eigenvalue weighted by molar-refractivity contribution is 5.71. The monoisotopic (exact) mass is 847 g/mol. The quantitative estimate of drug-likeness (QED) is 0.0263. The molecule has 1 atom stereocenters. The first-order valence-electron chi connectivity index (χ1n) is 24.7. The van der Waals surface area contributed by atoms with E-state index < -0.39 is 6.10 Å². The van der Waals surface area contributed by atoms with Gasteiger partial charge in [0.15, 0.2) is 6.10 Å². The lowest BCUT2D eigenvalue weighted by Crippen LogP contribution is -2.30. The summed E-state index contributed by atoms with van der Waals surface area (Å²) in [5.41, 5.74) is 0. The van der Waals surface area contributed by atoms with Crippen molar-refractivity contribution in [3.8, 4) is 0 Å². The summed E-state index contributed by atoms with van der Waals surface area (Å²) in [5.74, 6) is -1.02. The summed E-state index contributed by atoms with van der Waals surface area (Å²) in [7, 11) is 0. The maximum atomic E-state index is 12.7. The van der Waals surface area contributed by atoms with Gasteiger partial charge in [0.2, 0.25) is 0 Å². The highest BCUT2D eigenvalue weighted by Gasteiger charge is 2.19. The van der Waals surface area contributed by atoms with E-state index in [9.17, 15) is 14.4 Å². The van der Waals surface area contributed by atoms with Crippen LogP contribution in [0.2, 0.25) is 0 Å². The lowest BCUT2D eigenvalue weighted by Gasteiger charge is -2.18. The average molecular weight is 847 g/mol. The molecule has 6 nitrogen and oxygen atoms in total. The Labute approximate surface area is 375 Å². The van der Waals surface area contributed by atoms with Gasteiger partial charge in [0.1, 0.15) is 13.2 Å². The second-order valence-corrected chi connectivity index (χ2v) is 16.0. The molecule has 0 spiro atoms. The van der Waals surface area contributed by atoms with Crippen LogP contribution in [0.3, 0.4) is 0 Å². The van der Waals surface area contributed by atoms with Crippen molar-refractivity contribution in [1.82, 2.24) is 0 Å². The minimum Gasteiger partial charge on any atom is -0.462 e. The van der Waals surface area contributed by atoms with Crippen molar-refractivity contribution in [3.63, 3.8) is 0 Å². The number of unbranched alkanes of at least 4 members (excludes halogenated alkanes) is 16. The summed E-state index contributed by atoms with van der Waals surface area (Å²) in [6.45, 7) is 6.37. The molecule has 0 saturated heterocycles. The Bertz CT molecular complexity index is 1250. The fourth-order valence-corrected chi connectivity index (χ4v) is 6.32. The largest absolute Gasteiger partial charge is 0.462 e. The van der Waals surface area contributed by atoms with Gasteiger partial charge in [0, 0.05) is 19.3 Å². The standard InChI is InChI=1S/C55H90O6/c1-4-7-10-13-16-19-22-24-25-26-27-28-29-31-33-36-39-42-45-48-54(57)60-51-52(50-59-53(56)47-44-41-38-35-32-21-18-15-12-9-6-3)61-55(58)49-46-43-40-37-34-30-23-20-17-14-11-8-5-2/h7,10,15-16,18-20,23-25,27-28,31,33,39,42,52H,4-6,8-9,11-14,17,21-22,26,29-30,32,34-38,40-41,43-51H2,1-3H3/b10-7-,18-15-,19-16-,23-20-,25-24-,28-27-,33-31-,42-39-. The van der Waals surface area contributed by atoms with E-state index in [2.05, 4.69) is 106 Å². The van der Waals surface area contributed by atoms with Gasteiger partial charge in [-0.05, 0) is 103 Å². The van der Waals surface area contributed by atoms with Crippen LogP contribution in [-0.2, 0) is 28.6 Å². The number of esters is 3. The Balaban J connectivity index is 4.51. The van der Waals surface area contributed by atoms with Gasteiger partial charge in [-0.3, -0.25) is 14.4 Å². The third kappa shape index (κ3) is 47.2. The van der Waals surface area contributed by atoms with Gasteiger partial charge in [-0.1, -0.05) is 189 Å². The van der Waals surface area contributed by atoms with Crippen molar-refractivity contribution in [2.24, 2.45) is 0 Å². The second kappa shape index (κ2) is 49.0. The highest BCUT2D eigenvalue weighted by atomic mass is 16.6. The molecule has 0 aliphatic heterocycles. The molecule has 61 heavy (non-hydrogen) atoms. The maximum Gasteiger partial charge on any atom is 0.306 e. The predicted molar refractivity (Wildman–Crippen MR) is 260 cm³/mol. The lowest BCUT2D eigenvalue weighted by atomic mass is 10.1. The summed E-state index contributed by atoms with van der Waals surface area (Å²) >= 11 is 0. The molecule has 0 fully saturated rings. The molecule has 6 heteroatoms.